The van der Waals surface area contributed by atoms with Crippen molar-refractivity contribution in [2.24, 2.45) is 11.5 Å². The lowest BCUT2D eigenvalue weighted by atomic mass is 9.86. The number of carbonyl (C=O) groups is 3. The van der Waals surface area contributed by atoms with E-state index in [9.17, 15) is 14.4 Å². The molecule has 2 rings (SSSR count). The molecule has 0 aliphatic carbocycles. The molecule has 8 nitrogen and oxygen atoms in total. The zero-order valence-electron chi connectivity index (χ0n) is 14.0. The zero-order chi connectivity index (χ0) is 18.8. The quantitative estimate of drug-likeness (QED) is 0.581. The SMILES string of the molecule is COc1ccc2ccc(OC)c(C(OC(C)=O)(C(N)=O)C(N)=O)c2c1. The minimum atomic E-state index is -2.52. The van der Waals surface area contributed by atoms with Crippen molar-refractivity contribution >= 4 is 28.6 Å². The molecule has 0 unspecified atom stereocenters. The maximum atomic E-state index is 12.2. The molecule has 0 aliphatic heterocycles. The van der Waals surface area contributed by atoms with Crippen LogP contribution < -0.4 is 20.9 Å². The standard InChI is InChI=1S/C17H18N2O6/c1-9(20)25-17(15(18)21,16(19)22)14-12-8-11(23-2)6-4-10(12)5-7-13(14)24-3/h4-8H,1-3H3,(H2,18,21)(H2,19,22). The third-order valence-corrected chi connectivity index (χ3v) is 3.75. The fourth-order valence-electron chi connectivity index (χ4n) is 2.67. The van der Waals surface area contributed by atoms with Crippen LogP contribution in [0.25, 0.3) is 10.8 Å². The summed E-state index contributed by atoms with van der Waals surface area (Å²) in [4.78, 5) is 36.0. The molecule has 0 radical (unpaired) electrons. The van der Waals surface area contributed by atoms with Gasteiger partial charge in [0.25, 0.3) is 17.4 Å². The summed E-state index contributed by atoms with van der Waals surface area (Å²) in [7, 11) is 2.80. The Morgan fingerprint density at radius 2 is 1.56 bits per heavy atom. The van der Waals surface area contributed by atoms with Crippen molar-refractivity contribution < 1.29 is 28.6 Å². The molecular weight excluding hydrogens is 328 g/mol. The van der Waals surface area contributed by atoms with Crippen LogP contribution in [0.3, 0.4) is 0 Å². The molecule has 0 heterocycles. The number of carbonyl (C=O) groups excluding carboxylic acids is 3. The lowest BCUT2D eigenvalue weighted by Crippen LogP contribution is -2.54. The fourth-order valence-corrected chi connectivity index (χ4v) is 2.67. The topological polar surface area (TPSA) is 131 Å². The predicted molar refractivity (Wildman–Crippen MR) is 88.9 cm³/mol. The lowest BCUT2D eigenvalue weighted by Gasteiger charge is -2.29. The molecular formula is C17H18N2O6. The smallest absolute Gasteiger partial charge is 0.304 e. The number of benzene rings is 2. The average Bonchev–Trinajstić information content (AvgIpc) is 2.57. The largest absolute Gasteiger partial charge is 0.497 e. The molecule has 0 aromatic heterocycles. The maximum absolute atomic E-state index is 12.2. The molecule has 132 valence electrons. The van der Waals surface area contributed by atoms with Crippen LogP contribution in [0.4, 0.5) is 0 Å². The Hall–Kier alpha value is -3.29. The second-order valence-corrected chi connectivity index (χ2v) is 5.23. The lowest BCUT2D eigenvalue weighted by molar-refractivity contribution is -0.172. The highest BCUT2D eigenvalue weighted by atomic mass is 16.6. The number of primary amides is 2. The molecule has 2 amide bonds. The van der Waals surface area contributed by atoms with Crippen LogP contribution in [-0.4, -0.2) is 32.0 Å². The van der Waals surface area contributed by atoms with E-state index in [1.54, 1.807) is 24.3 Å². The number of methoxy groups -OCH3 is 2. The molecule has 2 aromatic carbocycles. The van der Waals surface area contributed by atoms with Crippen LogP contribution in [0.15, 0.2) is 30.3 Å². The molecule has 0 fully saturated rings. The van der Waals surface area contributed by atoms with Crippen LogP contribution in [0.2, 0.25) is 0 Å². The van der Waals surface area contributed by atoms with E-state index >= 15 is 0 Å². The molecule has 4 N–H and O–H groups in total. The molecule has 0 atom stereocenters. The number of rotatable bonds is 6. The van der Waals surface area contributed by atoms with E-state index in [1.165, 1.54) is 20.3 Å². The first kappa shape index (κ1) is 18.1. The Kier molecular flexibility index (Phi) is 4.82. The Bertz CT molecular complexity index is 842. The van der Waals surface area contributed by atoms with E-state index < -0.39 is 23.4 Å². The highest BCUT2D eigenvalue weighted by Gasteiger charge is 2.51. The van der Waals surface area contributed by atoms with Crippen molar-refractivity contribution in [3.8, 4) is 11.5 Å². The summed E-state index contributed by atoms with van der Waals surface area (Å²) >= 11 is 0. The summed E-state index contributed by atoms with van der Waals surface area (Å²) in [5, 5.41) is 1.01. The van der Waals surface area contributed by atoms with Gasteiger partial charge in [-0.15, -0.1) is 0 Å². The normalized spacial score (nSPS) is 11.0. The first-order chi connectivity index (χ1) is 11.8. The number of esters is 1. The van der Waals surface area contributed by atoms with E-state index in [0.717, 1.165) is 6.92 Å². The van der Waals surface area contributed by atoms with Gasteiger partial charge in [0.15, 0.2) is 0 Å². The second kappa shape index (κ2) is 6.68. The van der Waals surface area contributed by atoms with Crippen LogP contribution >= 0.6 is 0 Å². The van der Waals surface area contributed by atoms with Crippen LogP contribution in [0, 0.1) is 0 Å². The molecule has 0 saturated heterocycles. The Balaban J connectivity index is 3.01. The van der Waals surface area contributed by atoms with Gasteiger partial charge in [-0.2, -0.15) is 0 Å². The van der Waals surface area contributed by atoms with Crippen molar-refractivity contribution in [1.29, 1.82) is 0 Å². The molecule has 0 aliphatic rings. The van der Waals surface area contributed by atoms with Gasteiger partial charge in [0.2, 0.25) is 0 Å². The summed E-state index contributed by atoms with van der Waals surface area (Å²) in [6.07, 6.45) is 0. The highest BCUT2D eigenvalue weighted by Crippen LogP contribution is 2.40. The Labute approximate surface area is 143 Å². The Morgan fingerprint density at radius 3 is 2.04 bits per heavy atom. The van der Waals surface area contributed by atoms with Crippen molar-refractivity contribution in [2.75, 3.05) is 14.2 Å². The van der Waals surface area contributed by atoms with Gasteiger partial charge >= 0.3 is 5.97 Å². The number of ether oxygens (including phenoxy) is 3. The average molecular weight is 346 g/mol. The third kappa shape index (κ3) is 2.93. The third-order valence-electron chi connectivity index (χ3n) is 3.75. The van der Waals surface area contributed by atoms with E-state index in [0.29, 0.717) is 16.5 Å². The minimum absolute atomic E-state index is 0.0541. The maximum Gasteiger partial charge on any atom is 0.304 e. The van der Waals surface area contributed by atoms with Crippen molar-refractivity contribution in [1.82, 2.24) is 0 Å². The van der Waals surface area contributed by atoms with Crippen LogP contribution in [0.5, 0.6) is 11.5 Å². The fraction of sp³-hybridized carbons (Fsp3) is 0.235. The molecule has 0 spiro atoms. The van der Waals surface area contributed by atoms with E-state index in [-0.39, 0.29) is 11.3 Å². The van der Waals surface area contributed by atoms with Gasteiger partial charge < -0.3 is 25.7 Å². The molecule has 0 saturated carbocycles. The number of nitrogens with two attached hydrogens (primary N) is 2. The summed E-state index contributed by atoms with van der Waals surface area (Å²) in [6, 6.07) is 8.20. The number of fused-ring (bicyclic) bond motifs is 1. The Morgan fingerprint density at radius 1 is 0.960 bits per heavy atom. The summed E-state index contributed by atoms with van der Waals surface area (Å²) in [6.45, 7) is 1.04. The van der Waals surface area contributed by atoms with E-state index in [4.69, 9.17) is 25.7 Å². The zero-order valence-corrected chi connectivity index (χ0v) is 14.0. The van der Waals surface area contributed by atoms with E-state index in [1.807, 2.05) is 0 Å². The van der Waals surface area contributed by atoms with Crippen molar-refractivity contribution in [2.45, 2.75) is 12.5 Å². The van der Waals surface area contributed by atoms with E-state index in [2.05, 4.69) is 0 Å². The first-order valence-corrected chi connectivity index (χ1v) is 7.22. The van der Waals surface area contributed by atoms with Crippen LogP contribution in [0.1, 0.15) is 12.5 Å². The van der Waals surface area contributed by atoms with Gasteiger partial charge in [0.05, 0.1) is 19.8 Å². The second-order valence-electron chi connectivity index (χ2n) is 5.23. The van der Waals surface area contributed by atoms with Crippen molar-refractivity contribution in [3.05, 3.63) is 35.9 Å². The predicted octanol–water partition coefficient (Wildman–Crippen LogP) is 0.586. The number of hydrogen-bond donors (Lipinski definition) is 2. The molecule has 0 bridgehead atoms. The minimum Gasteiger partial charge on any atom is -0.497 e. The highest BCUT2D eigenvalue weighted by molar-refractivity contribution is 6.13. The number of hydrogen-bond acceptors (Lipinski definition) is 6. The first-order valence-electron chi connectivity index (χ1n) is 7.22. The van der Waals surface area contributed by atoms with Crippen molar-refractivity contribution in [3.63, 3.8) is 0 Å². The van der Waals surface area contributed by atoms with Gasteiger partial charge in [-0.25, -0.2) is 0 Å². The molecule has 25 heavy (non-hydrogen) atoms. The van der Waals surface area contributed by atoms with Crippen LogP contribution in [-0.2, 0) is 24.7 Å². The summed E-state index contributed by atoms with van der Waals surface area (Å²) in [5.74, 6) is -2.81. The van der Waals surface area contributed by atoms with Gasteiger partial charge in [-0.05, 0) is 29.0 Å². The van der Waals surface area contributed by atoms with Gasteiger partial charge in [0, 0.05) is 6.92 Å². The summed E-state index contributed by atoms with van der Waals surface area (Å²) in [5.41, 5.74) is 8.29. The molecule has 2 aromatic rings. The number of amides is 2. The summed E-state index contributed by atoms with van der Waals surface area (Å²) < 4.78 is 15.5. The molecule has 8 heteroatoms. The monoisotopic (exact) mass is 346 g/mol. The van der Waals surface area contributed by atoms with Gasteiger partial charge in [-0.3, -0.25) is 14.4 Å². The van der Waals surface area contributed by atoms with Gasteiger partial charge in [-0.1, -0.05) is 12.1 Å². The van der Waals surface area contributed by atoms with Gasteiger partial charge in [0.1, 0.15) is 11.5 Å².